The summed E-state index contributed by atoms with van der Waals surface area (Å²) >= 11 is 7.83. The van der Waals surface area contributed by atoms with E-state index < -0.39 is 0 Å². The number of methoxy groups -OCH3 is 1. The average Bonchev–Trinajstić information content (AvgIpc) is 2.19. The number of hydrazone groups is 1. The van der Waals surface area contributed by atoms with E-state index in [-0.39, 0.29) is 5.11 Å². The summed E-state index contributed by atoms with van der Waals surface area (Å²) in [6, 6.07) is 3.59. The maximum Gasteiger partial charge on any atom is 0.223 e. The molecule has 0 aliphatic carbocycles. The maximum atomic E-state index is 5.20. The second-order valence-corrected chi connectivity index (χ2v) is 3.72. The Morgan fingerprint density at radius 3 is 3.07 bits per heavy atom. The molecule has 0 aliphatic heterocycles. The number of halogens is 1. The molecule has 0 saturated carbocycles. The van der Waals surface area contributed by atoms with Crippen molar-refractivity contribution in [2.45, 2.75) is 0 Å². The monoisotopic (exact) mass is 288 g/mol. The molecule has 0 bridgehead atoms. The quantitative estimate of drug-likeness (QED) is 0.376. The predicted octanol–water partition coefficient (Wildman–Crippen LogP) is 1.02. The molecule has 0 atom stereocenters. The van der Waals surface area contributed by atoms with Gasteiger partial charge in [0.25, 0.3) is 0 Å². The van der Waals surface area contributed by atoms with E-state index in [1.54, 1.807) is 12.1 Å². The van der Waals surface area contributed by atoms with Gasteiger partial charge < -0.3 is 10.5 Å². The lowest BCUT2D eigenvalue weighted by molar-refractivity contribution is 0.396. The average molecular weight is 289 g/mol. The van der Waals surface area contributed by atoms with E-state index in [2.05, 4.69) is 43.7 Å². The molecule has 0 radical (unpaired) electrons. The van der Waals surface area contributed by atoms with E-state index in [0.29, 0.717) is 10.5 Å². The second-order valence-electron chi connectivity index (χ2n) is 2.47. The summed E-state index contributed by atoms with van der Waals surface area (Å²) in [6.45, 7) is 0. The molecule has 80 valence electrons. The highest BCUT2D eigenvalue weighted by atomic mass is 79.9. The summed E-state index contributed by atoms with van der Waals surface area (Å²) in [7, 11) is 1.53. The smallest absolute Gasteiger partial charge is 0.223 e. The minimum absolute atomic E-state index is 0.107. The topological polar surface area (TPSA) is 72.5 Å². The number of rotatable bonds is 3. The molecule has 3 N–H and O–H groups in total. The zero-order chi connectivity index (χ0) is 11.3. The summed E-state index contributed by atoms with van der Waals surface area (Å²) in [6.07, 6.45) is 1.53. The van der Waals surface area contributed by atoms with Gasteiger partial charge in [0, 0.05) is 0 Å². The summed E-state index contributed by atoms with van der Waals surface area (Å²) in [5.41, 5.74) is 8.37. The summed E-state index contributed by atoms with van der Waals surface area (Å²) in [4.78, 5) is 4.10. The molecule has 1 heterocycles. The molecule has 7 heteroatoms. The number of ether oxygens (including phenoxy) is 1. The van der Waals surface area contributed by atoms with Crippen LogP contribution in [-0.4, -0.2) is 23.4 Å². The van der Waals surface area contributed by atoms with Crippen LogP contribution in [0, 0.1) is 0 Å². The van der Waals surface area contributed by atoms with Crippen molar-refractivity contribution in [1.29, 1.82) is 0 Å². The molecular formula is C8H9BrN4OS. The third-order valence-corrected chi connectivity index (χ3v) is 1.96. The van der Waals surface area contributed by atoms with Crippen LogP contribution in [0.3, 0.4) is 0 Å². The predicted molar refractivity (Wildman–Crippen MR) is 66.0 cm³/mol. The number of nitrogens with one attached hydrogen (secondary N) is 1. The van der Waals surface area contributed by atoms with Crippen LogP contribution in [0.1, 0.15) is 5.56 Å². The molecule has 0 amide bonds. The Labute approximate surface area is 101 Å². The van der Waals surface area contributed by atoms with Gasteiger partial charge in [0.15, 0.2) is 5.11 Å². The highest BCUT2D eigenvalue weighted by Crippen LogP contribution is 2.16. The van der Waals surface area contributed by atoms with Gasteiger partial charge in [-0.25, -0.2) is 4.98 Å². The van der Waals surface area contributed by atoms with E-state index in [4.69, 9.17) is 10.5 Å². The molecule has 0 unspecified atom stereocenters. The number of hydrogen-bond donors (Lipinski definition) is 2. The van der Waals surface area contributed by atoms with Crippen molar-refractivity contribution in [3.8, 4) is 5.88 Å². The Hall–Kier alpha value is -1.21. The Kier molecular flexibility index (Phi) is 4.44. The van der Waals surface area contributed by atoms with Gasteiger partial charge in [-0.05, 0) is 40.3 Å². The van der Waals surface area contributed by atoms with Gasteiger partial charge in [-0.1, -0.05) is 0 Å². The number of aromatic nitrogens is 1. The Morgan fingerprint density at radius 1 is 1.73 bits per heavy atom. The van der Waals surface area contributed by atoms with Crippen molar-refractivity contribution >= 4 is 39.5 Å². The van der Waals surface area contributed by atoms with Crippen LogP contribution in [0.25, 0.3) is 0 Å². The Morgan fingerprint density at radius 2 is 2.47 bits per heavy atom. The minimum atomic E-state index is 0.107. The number of nitrogens with zero attached hydrogens (tertiary/aromatic N) is 2. The van der Waals surface area contributed by atoms with Crippen LogP contribution in [0.15, 0.2) is 21.8 Å². The molecule has 5 nitrogen and oxygen atoms in total. The standard InChI is InChI=1S/C8H9BrN4OS/c1-14-7-5(2-3-6(9)12-7)4-11-13-8(10)15/h2-4H,1H3,(H3,10,13,15). The Balaban J connectivity index is 2.84. The first-order chi connectivity index (χ1) is 7.13. The maximum absolute atomic E-state index is 5.20. The van der Waals surface area contributed by atoms with Crippen LogP contribution in [-0.2, 0) is 0 Å². The highest BCUT2D eigenvalue weighted by molar-refractivity contribution is 9.10. The molecule has 0 aromatic carbocycles. The largest absolute Gasteiger partial charge is 0.480 e. The van der Waals surface area contributed by atoms with Crippen molar-refractivity contribution in [1.82, 2.24) is 10.4 Å². The van der Waals surface area contributed by atoms with Gasteiger partial charge in [0.1, 0.15) is 4.60 Å². The third-order valence-electron chi connectivity index (χ3n) is 1.43. The van der Waals surface area contributed by atoms with E-state index in [1.165, 1.54) is 13.3 Å². The van der Waals surface area contributed by atoms with Crippen LogP contribution < -0.4 is 15.9 Å². The molecule has 1 rings (SSSR count). The van der Waals surface area contributed by atoms with Crippen molar-refractivity contribution < 1.29 is 4.74 Å². The second kappa shape index (κ2) is 5.62. The van der Waals surface area contributed by atoms with Gasteiger partial charge in [0.05, 0.1) is 18.9 Å². The molecule has 1 aromatic rings. The number of pyridine rings is 1. The molecule has 0 saturated heterocycles. The normalized spacial score (nSPS) is 10.3. The third kappa shape index (κ3) is 3.80. The first-order valence-corrected chi connectivity index (χ1v) is 5.12. The summed E-state index contributed by atoms with van der Waals surface area (Å²) in [5, 5.41) is 3.91. The van der Waals surface area contributed by atoms with Crippen LogP contribution >= 0.6 is 28.1 Å². The van der Waals surface area contributed by atoms with Crippen LogP contribution in [0.5, 0.6) is 5.88 Å². The fraction of sp³-hybridized carbons (Fsp3) is 0.125. The molecule has 0 fully saturated rings. The number of hydrogen-bond acceptors (Lipinski definition) is 4. The fourth-order valence-corrected chi connectivity index (χ4v) is 1.20. The fourth-order valence-electron chi connectivity index (χ4n) is 0.856. The van der Waals surface area contributed by atoms with E-state index >= 15 is 0 Å². The molecule has 15 heavy (non-hydrogen) atoms. The Bertz CT molecular complexity index is 396. The van der Waals surface area contributed by atoms with Gasteiger partial charge in [0.2, 0.25) is 5.88 Å². The van der Waals surface area contributed by atoms with Gasteiger partial charge in [-0.3, -0.25) is 5.43 Å². The number of thiocarbonyl (C=S) groups is 1. The van der Waals surface area contributed by atoms with E-state index in [0.717, 1.165) is 5.56 Å². The van der Waals surface area contributed by atoms with Crippen molar-refractivity contribution in [2.75, 3.05) is 7.11 Å². The van der Waals surface area contributed by atoms with Gasteiger partial charge >= 0.3 is 0 Å². The van der Waals surface area contributed by atoms with Crippen molar-refractivity contribution in [3.05, 3.63) is 22.3 Å². The molecular weight excluding hydrogens is 280 g/mol. The summed E-state index contributed by atoms with van der Waals surface area (Å²) < 4.78 is 5.75. The van der Waals surface area contributed by atoms with Gasteiger partial charge in [-0.2, -0.15) is 5.10 Å². The minimum Gasteiger partial charge on any atom is -0.480 e. The lowest BCUT2D eigenvalue weighted by Gasteiger charge is -2.03. The SMILES string of the molecule is COc1nc(Br)ccc1C=NNC(N)=S. The lowest BCUT2D eigenvalue weighted by Crippen LogP contribution is -2.24. The van der Waals surface area contributed by atoms with Crippen molar-refractivity contribution in [3.63, 3.8) is 0 Å². The van der Waals surface area contributed by atoms with E-state index in [9.17, 15) is 0 Å². The summed E-state index contributed by atoms with van der Waals surface area (Å²) in [5.74, 6) is 0.470. The van der Waals surface area contributed by atoms with Crippen molar-refractivity contribution in [2.24, 2.45) is 10.8 Å². The first-order valence-electron chi connectivity index (χ1n) is 3.92. The van der Waals surface area contributed by atoms with Crippen LogP contribution in [0.4, 0.5) is 0 Å². The first kappa shape index (κ1) is 11.9. The van der Waals surface area contributed by atoms with Crippen LogP contribution in [0.2, 0.25) is 0 Å². The zero-order valence-electron chi connectivity index (χ0n) is 7.90. The lowest BCUT2D eigenvalue weighted by atomic mass is 10.3. The molecule has 1 aromatic heterocycles. The zero-order valence-corrected chi connectivity index (χ0v) is 10.3. The molecule has 0 spiro atoms. The van der Waals surface area contributed by atoms with Gasteiger partial charge in [-0.15, -0.1) is 0 Å². The highest BCUT2D eigenvalue weighted by Gasteiger charge is 2.02. The van der Waals surface area contributed by atoms with E-state index in [1.807, 2.05) is 0 Å². The number of nitrogens with two attached hydrogens (primary N) is 1. The molecule has 0 aliphatic rings.